The standard InChI is InChI=1S/C7H11N3O3S/c1-10(14(8,11)12)6-3-7(13-2)5-9-4-6/h3-5H,1-2H3,(H2,8,11,12). The molecule has 14 heavy (non-hydrogen) atoms. The zero-order valence-corrected chi connectivity index (χ0v) is 8.65. The van der Waals surface area contributed by atoms with Gasteiger partial charge in [-0.2, -0.15) is 8.42 Å². The summed E-state index contributed by atoms with van der Waals surface area (Å²) in [5.41, 5.74) is 0.354. The molecule has 0 bridgehead atoms. The number of aromatic nitrogens is 1. The molecule has 6 nitrogen and oxygen atoms in total. The molecule has 0 aliphatic carbocycles. The van der Waals surface area contributed by atoms with Crippen LogP contribution in [0.2, 0.25) is 0 Å². The van der Waals surface area contributed by atoms with E-state index in [1.807, 2.05) is 0 Å². The molecular formula is C7H11N3O3S. The zero-order valence-electron chi connectivity index (χ0n) is 7.84. The zero-order chi connectivity index (χ0) is 10.8. The van der Waals surface area contributed by atoms with E-state index in [-0.39, 0.29) is 0 Å². The van der Waals surface area contributed by atoms with Crippen molar-refractivity contribution < 1.29 is 13.2 Å². The summed E-state index contributed by atoms with van der Waals surface area (Å²) in [6.45, 7) is 0. The first kappa shape index (κ1) is 10.7. The van der Waals surface area contributed by atoms with Crippen LogP contribution >= 0.6 is 0 Å². The van der Waals surface area contributed by atoms with Gasteiger partial charge in [0.2, 0.25) is 0 Å². The van der Waals surface area contributed by atoms with Crippen LogP contribution in [0, 0.1) is 0 Å². The average Bonchev–Trinajstić information content (AvgIpc) is 2.15. The number of hydrogen-bond acceptors (Lipinski definition) is 4. The highest BCUT2D eigenvalue weighted by molar-refractivity contribution is 7.90. The third-order valence-electron chi connectivity index (χ3n) is 1.68. The van der Waals surface area contributed by atoms with Crippen molar-refractivity contribution in [3.05, 3.63) is 18.5 Å². The molecule has 0 aliphatic rings. The van der Waals surface area contributed by atoms with Crippen LogP contribution in [0.5, 0.6) is 5.75 Å². The van der Waals surface area contributed by atoms with Gasteiger partial charge in [-0.05, 0) is 0 Å². The molecule has 1 aromatic rings. The third-order valence-corrected chi connectivity index (χ3v) is 2.65. The number of ether oxygens (including phenoxy) is 1. The summed E-state index contributed by atoms with van der Waals surface area (Å²) < 4.78 is 27.7. The monoisotopic (exact) mass is 217 g/mol. The van der Waals surface area contributed by atoms with E-state index in [1.54, 1.807) is 0 Å². The fraction of sp³-hybridized carbons (Fsp3) is 0.286. The van der Waals surface area contributed by atoms with Crippen LogP contribution in [0.1, 0.15) is 0 Å². The van der Waals surface area contributed by atoms with Gasteiger partial charge in [0.15, 0.2) is 0 Å². The first-order valence-corrected chi connectivity index (χ1v) is 5.21. The SMILES string of the molecule is COc1cncc(N(C)S(N)(=O)=O)c1. The molecule has 0 saturated carbocycles. The summed E-state index contributed by atoms with van der Waals surface area (Å²) >= 11 is 0. The van der Waals surface area contributed by atoms with Crippen molar-refractivity contribution in [2.75, 3.05) is 18.5 Å². The molecule has 0 unspecified atom stereocenters. The van der Waals surface area contributed by atoms with Crippen LogP contribution in [-0.4, -0.2) is 27.6 Å². The van der Waals surface area contributed by atoms with E-state index in [1.165, 1.54) is 32.6 Å². The Hall–Kier alpha value is -1.34. The maximum absolute atomic E-state index is 11.0. The number of nitrogens with two attached hydrogens (primary N) is 1. The van der Waals surface area contributed by atoms with E-state index < -0.39 is 10.2 Å². The quantitative estimate of drug-likeness (QED) is 0.755. The largest absolute Gasteiger partial charge is 0.495 e. The Morgan fingerprint density at radius 1 is 1.50 bits per heavy atom. The Labute approximate surface area is 82.5 Å². The van der Waals surface area contributed by atoms with Crippen LogP contribution in [0.25, 0.3) is 0 Å². The number of hydrogen-bond donors (Lipinski definition) is 1. The van der Waals surface area contributed by atoms with Crippen molar-refractivity contribution in [1.29, 1.82) is 0 Å². The Morgan fingerprint density at radius 2 is 2.14 bits per heavy atom. The fourth-order valence-electron chi connectivity index (χ4n) is 0.838. The minimum absolute atomic E-state index is 0.354. The van der Waals surface area contributed by atoms with Crippen LogP contribution in [0.4, 0.5) is 5.69 Å². The predicted molar refractivity (Wildman–Crippen MR) is 52.3 cm³/mol. The molecule has 0 saturated heterocycles. The normalized spacial score (nSPS) is 11.1. The minimum atomic E-state index is -3.74. The number of pyridine rings is 1. The lowest BCUT2D eigenvalue weighted by Gasteiger charge is -2.15. The summed E-state index contributed by atoms with van der Waals surface area (Å²) in [4.78, 5) is 3.80. The average molecular weight is 217 g/mol. The molecule has 0 amide bonds. The summed E-state index contributed by atoms with van der Waals surface area (Å²) in [5.74, 6) is 0.470. The molecule has 0 aromatic carbocycles. The first-order chi connectivity index (χ1) is 6.45. The Balaban J connectivity index is 3.08. The summed E-state index contributed by atoms with van der Waals surface area (Å²) in [5, 5.41) is 4.93. The van der Waals surface area contributed by atoms with Gasteiger partial charge in [-0.3, -0.25) is 9.29 Å². The van der Waals surface area contributed by atoms with E-state index in [0.29, 0.717) is 11.4 Å². The van der Waals surface area contributed by atoms with Gasteiger partial charge >= 0.3 is 0 Å². The van der Waals surface area contributed by atoms with Gasteiger partial charge in [0, 0.05) is 13.1 Å². The Bertz CT molecular complexity index is 418. The van der Waals surface area contributed by atoms with Crippen LogP contribution in [0.3, 0.4) is 0 Å². The van der Waals surface area contributed by atoms with Crippen LogP contribution in [-0.2, 0) is 10.2 Å². The maximum Gasteiger partial charge on any atom is 0.298 e. The number of anilines is 1. The number of rotatable bonds is 3. The molecule has 0 atom stereocenters. The molecule has 2 N–H and O–H groups in total. The van der Waals surface area contributed by atoms with Gasteiger partial charge in [-0.15, -0.1) is 0 Å². The number of nitrogens with zero attached hydrogens (tertiary/aromatic N) is 2. The summed E-state index contributed by atoms with van der Waals surface area (Å²) in [6.07, 6.45) is 2.85. The van der Waals surface area contributed by atoms with E-state index in [2.05, 4.69) is 4.98 Å². The van der Waals surface area contributed by atoms with Gasteiger partial charge in [-0.25, -0.2) is 5.14 Å². The van der Waals surface area contributed by atoms with Crippen molar-refractivity contribution in [2.24, 2.45) is 5.14 Å². The van der Waals surface area contributed by atoms with Gasteiger partial charge < -0.3 is 4.74 Å². The third kappa shape index (κ3) is 2.33. The van der Waals surface area contributed by atoms with Gasteiger partial charge in [-0.1, -0.05) is 0 Å². The van der Waals surface area contributed by atoms with Crippen molar-refractivity contribution in [2.45, 2.75) is 0 Å². The van der Waals surface area contributed by atoms with Crippen LogP contribution < -0.4 is 14.2 Å². The van der Waals surface area contributed by atoms with Crippen molar-refractivity contribution in [3.8, 4) is 5.75 Å². The molecule has 7 heteroatoms. The lowest BCUT2D eigenvalue weighted by Crippen LogP contribution is -2.33. The highest BCUT2D eigenvalue weighted by Gasteiger charge is 2.13. The molecule has 0 aliphatic heterocycles. The highest BCUT2D eigenvalue weighted by atomic mass is 32.2. The molecule has 0 spiro atoms. The van der Waals surface area contributed by atoms with Gasteiger partial charge in [0.1, 0.15) is 5.75 Å². The smallest absolute Gasteiger partial charge is 0.298 e. The second-order valence-electron chi connectivity index (χ2n) is 2.60. The van der Waals surface area contributed by atoms with Gasteiger partial charge in [0.25, 0.3) is 10.2 Å². The first-order valence-electron chi connectivity index (χ1n) is 3.71. The maximum atomic E-state index is 11.0. The lowest BCUT2D eigenvalue weighted by molar-refractivity contribution is 0.413. The van der Waals surface area contributed by atoms with E-state index in [4.69, 9.17) is 9.88 Å². The van der Waals surface area contributed by atoms with Crippen molar-refractivity contribution in [3.63, 3.8) is 0 Å². The minimum Gasteiger partial charge on any atom is -0.495 e. The Morgan fingerprint density at radius 3 is 2.64 bits per heavy atom. The van der Waals surface area contributed by atoms with E-state index >= 15 is 0 Å². The molecule has 0 fully saturated rings. The predicted octanol–water partition coefficient (Wildman–Crippen LogP) is -0.270. The summed E-state index contributed by atoms with van der Waals surface area (Å²) in [6, 6.07) is 1.53. The Kier molecular flexibility index (Phi) is 2.92. The summed E-state index contributed by atoms with van der Waals surface area (Å²) in [7, 11) is -0.934. The molecule has 78 valence electrons. The van der Waals surface area contributed by atoms with E-state index in [9.17, 15) is 8.42 Å². The molecule has 1 heterocycles. The van der Waals surface area contributed by atoms with Crippen molar-refractivity contribution in [1.82, 2.24) is 4.98 Å². The topological polar surface area (TPSA) is 85.5 Å². The van der Waals surface area contributed by atoms with E-state index in [0.717, 1.165) is 4.31 Å². The van der Waals surface area contributed by atoms with Gasteiger partial charge in [0.05, 0.1) is 25.2 Å². The fourth-order valence-corrected chi connectivity index (χ4v) is 1.23. The highest BCUT2D eigenvalue weighted by Crippen LogP contribution is 2.18. The second-order valence-corrected chi connectivity index (χ2v) is 4.17. The van der Waals surface area contributed by atoms with Crippen molar-refractivity contribution >= 4 is 15.9 Å². The molecule has 0 radical (unpaired) electrons. The molecule has 1 aromatic heterocycles. The second kappa shape index (κ2) is 3.81. The molecular weight excluding hydrogens is 206 g/mol. The lowest BCUT2D eigenvalue weighted by atomic mass is 10.4. The van der Waals surface area contributed by atoms with Crippen LogP contribution in [0.15, 0.2) is 18.5 Å². The molecule has 1 rings (SSSR count). The number of methoxy groups -OCH3 is 1.